The minimum Gasteiger partial charge on any atom is -0.452 e. The molecule has 0 aliphatic carbocycles. The van der Waals surface area contributed by atoms with E-state index in [1.54, 1.807) is 0 Å². The molecule has 1 aromatic heterocycles. The molecular formula is C21H18ClFN2O5S2. The lowest BCUT2D eigenvalue weighted by molar-refractivity contribution is -0.124. The Kier molecular flexibility index (Phi) is 7.49. The zero-order valence-corrected chi connectivity index (χ0v) is 19.1. The summed E-state index contributed by atoms with van der Waals surface area (Å²) in [6.07, 6.45) is 0. The molecule has 0 bridgehead atoms. The number of thiophene rings is 1. The van der Waals surface area contributed by atoms with Gasteiger partial charge in [-0.2, -0.15) is 0 Å². The molecule has 0 radical (unpaired) electrons. The minimum absolute atomic E-state index is 0.0302. The van der Waals surface area contributed by atoms with Crippen LogP contribution in [0.15, 0.2) is 64.9 Å². The van der Waals surface area contributed by atoms with Crippen LogP contribution in [-0.4, -0.2) is 33.9 Å². The van der Waals surface area contributed by atoms with Gasteiger partial charge in [-0.05, 0) is 53.9 Å². The van der Waals surface area contributed by atoms with Crippen LogP contribution in [-0.2, 0) is 26.1 Å². The van der Waals surface area contributed by atoms with Gasteiger partial charge in [0, 0.05) is 11.9 Å². The van der Waals surface area contributed by atoms with Crippen molar-refractivity contribution in [2.45, 2.75) is 11.4 Å². The normalized spacial score (nSPS) is 11.1. The Morgan fingerprint density at radius 1 is 1.16 bits per heavy atom. The lowest BCUT2D eigenvalue weighted by Crippen LogP contribution is -2.28. The van der Waals surface area contributed by atoms with Gasteiger partial charge < -0.3 is 10.1 Å². The number of sulfonamides is 1. The Labute approximate surface area is 193 Å². The summed E-state index contributed by atoms with van der Waals surface area (Å²) in [6.45, 7) is -0.245. The fraction of sp³-hybridized carbons (Fsp3) is 0.143. The number of benzene rings is 2. The van der Waals surface area contributed by atoms with E-state index in [-0.39, 0.29) is 21.2 Å². The molecule has 0 aliphatic rings. The molecule has 1 heterocycles. The average molecular weight is 497 g/mol. The van der Waals surface area contributed by atoms with Crippen molar-refractivity contribution in [3.8, 4) is 0 Å². The molecule has 1 N–H and O–H groups in total. The Morgan fingerprint density at radius 2 is 1.88 bits per heavy atom. The Balaban J connectivity index is 1.70. The van der Waals surface area contributed by atoms with E-state index in [1.165, 1.54) is 42.6 Å². The maximum Gasteiger partial charge on any atom is 0.340 e. The van der Waals surface area contributed by atoms with Gasteiger partial charge in [0.1, 0.15) is 5.82 Å². The molecule has 3 rings (SSSR count). The van der Waals surface area contributed by atoms with Crippen LogP contribution >= 0.6 is 22.9 Å². The van der Waals surface area contributed by atoms with E-state index in [0.29, 0.717) is 6.54 Å². The van der Waals surface area contributed by atoms with E-state index in [0.717, 1.165) is 27.4 Å². The largest absolute Gasteiger partial charge is 0.452 e. The van der Waals surface area contributed by atoms with Gasteiger partial charge in [-0.3, -0.25) is 9.10 Å². The molecule has 1 amide bonds. The quantitative estimate of drug-likeness (QED) is 0.478. The number of carbonyl (C=O) groups is 2. The van der Waals surface area contributed by atoms with Crippen molar-refractivity contribution < 1.29 is 27.1 Å². The third-order valence-corrected chi connectivity index (χ3v) is 7.37. The van der Waals surface area contributed by atoms with Crippen LogP contribution in [0.4, 0.5) is 10.1 Å². The van der Waals surface area contributed by atoms with Gasteiger partial charge in [0.15, 0.2) is 6.61 Å². The maximum absolute atomic E-state index is 13.1. The van der Waals surface area contributed by atoms with Crippen LogP contribution in [0.1, 0.15) is 15.2 Å². The van der Waals surface area contributed by atoms with Crippen molar-refractivity contribution in [1.29, 1.82) is 0 Å². The highest BCUT2D eigenvalue weighted by molar-refractivity contribution is 7.92. The highest BCUT2D eigenvalue weighted by Gasteiger charge is 2.24. The van der Waals surface area contributed by atoms with Crippen molar-refractivity contribution in [2.75, 3.05) is 18.0 Å². The molecule has 0 saturated heterocycles. The summed E-state index contributed by atoms with van der Waals surface area (Å²) in [5.41, 5.74) is 0.0270. The molecule has 168 valence electrons. The second kappa shape index (κ2) is 10.1. The topological polar surface area (TPSA) is 92.8 Å². The number of nitrogens with zero attached hydrogens (tertiary/aromatic N) is 1. The van der Waals surface area contributed by atoms with Crippen molar-refractivity contribution in [3.05, 3.63) is 81.3 Å². The molecule has 0 spiro atoms. The van der Waals surface area contributed by atoms with Crippen LogP contribution in [0.25, 0.3) is 0 Å². The summed E-state index contributed by atoms with van der Waals surface area (Å²) in [5.74, 6) is -1.96. The first-order chi connectivity index (χ1) is 15.2. The van der Waals surface area contributed by atoms with Crippen LogP contribution in [0.3, 0.4) is 0 Å². The molecule has 32 heavy (non-hydrogen) atoms. The highest BCUT2D eigenvalue weighted by atomic mass is 35.5. The predicted octanol–water partition coefficient (Wildman–Crippen LogP) is 3.84. The molecule has 0 atom stereocenters. The molecule has 2 aromatic carbocycles. The number of esters is 1. The van der Waals surface area contributed by atoms with Gasteiger partial charge in [-0.1, -0.05) is 17.7 Å². The van der Waals surface area contributed by atoms with E-state index in [1.807, 2.05) is 17.5 Å². The van der Waals surface area contributed by atoms with Gasteiger partial charge in [-0.15, -0.1) is 11.3 Å². The fourth-order valence-corrected chi connectivity index (χ4v) is 4.69. The van der Waals surface area contributed by atoms with Crippen molar-refractivity contribution in [3.63, 3.8) is 0 Å². The van der Waals surface area contributed by atoms with Crippen molar-refractivity contribution in [1.82, 2.24) is 5.32 Å². The number of amides is 1. The minimum atomic E-state index is -4.08. The summed E-state index contributed by atoms with van der Waals surface area (Å²) in [5, 5.41) is 4.45. The van der Waals surface area contributed by atoms with E-state index in [4.69, 9.17) is 16.3 Å². The van der Waals surface area contributed by atoms with Crippen molar-refractivity contribution >= 4 is 50.5 Å². The molecular weight excluding hydrogens is 479 g/mol. The summed E-state index contributed by atoms with van der Waals surface area (Å²) >= 11 is 7.52. The SMILES string of the molecule is CN(c1ccc(F)cc1)S(=O)(=O)c1ccc(Cl)c(C(=O)OCC(=O)NCc2cccs2)c1. The number of nitrogens with one attached hydrogen (secondary N) is 1. The lowest BCUT2D eigenvalue weighted by atomic mass is 10.2. The zero-order chi connectivity index (χ0) is 23.3. The van der Waals surface area contributed by atoms with Gasteiger partial charge in [-0.25, -0.2) is 17.6 Å². The van der Waals surface area contributed by atoms with Crippen LogP contribution in [0.5, 0.6) is 0 Å². The Bertz CT molecular complexity index is 1220. The van der Waals surface area contributed by atoms with Gasteiger partial charge in [0.2, 0.25) is 0 Å². The third-order valence-electron chi connectivity index (χ3n) is 4.38. The molecule has 0 fully saturated rings. The van der Waals surface area contributed by atoms with Crippen LogP contribution in [0, 0.1) is 5.82 Å². The summed E-state index contributed by atoms with van der Waals surface area (Å²) < 4.78 is 45.0. The number of carbonyl (C=O) groups excluding carboxylic acids is 2. The van der Waals surface area contributed by atoms with Crippen molar-refractivity contribution in [2.24, 2.45) is 0 Å². The molecule has 7 nitrogen and oxygen atoms in total. The fourth-order valence-electron chi connectivity index (χ4n) is 2.63. The maximum atomic E-state index is 13.1. The number of rotatable bonds is 8. The third kappa shape index (κ3) is 5.64. The molecule has 3 aromatic rings. The molecule has 0 unspecified atom stereocenters. The number of hydrogen-bond donors (Lipinski definition) is 1. The summed E-state index contributed by atoms with van der Waals surface area (Å²) in [6, 6.07) is 12.2. The average Bonchev–Trinajstić information content (AvgIpc) is 3.30. The van der Waals surface area contributed by atoms with Crippen LogP contribution in [0.2, 0.25) is 5.02 Å². The molecule has 0 aliphatic heterocycles. The highest BCUT2D eigenvalue weighted by Crippen LogP contribution is 2.26. The van der Waals surface area contributed by atoms with E-state index in [2.05, 4.69) is 5.32 Å². The Hall–Kier alpha value is -2.95. The van der Waals surface area contributed by atoms with Gasteiger partial charge in [0.25, 0.3) is 15.9 Å². The standard InChI is InChI=1S/C21H18ClFN2O5S2/c1-25(15-6-4-14(23)5-7-15)32(28,29)17-8-9-19(22)18(11-17)21(27)30-13-20(26)24-12-16-3-2-10-31-16/h2-11H,12-13H2,1H3,(H,24,26). The molecule has 11 heteroatoms. The second-order valence-electron chi connectivity index (χ2n) is 6.52. The predicted molar refractivity (Wildman–Crippen MR) is 120 cm³/mol. The smallest absolute Gasteiger partial charge is 0.340 e. The first kappa shape index (κ1) is 23.7. The summed E-state index contributed by atoms with van der Waals surface area (Å²) in [4.78, 5) is 25.1. The van der Waals surface area contributed by atoms with Gasteiger partial charge in [0.05, 0.1) is 27.7 Å². The monoisotopic (exact) mass is 496 g/mol. The number of anilines is 1. The summed E-state index contributed by atoms with van der Waals surface area (Å²) in [7, 11) is -2.78. The van der Waals surface area contributed by atoms with E-state index < -0.39 is 34.3 Å². The molecule has 0 saturated carbocycles. The number of ether oxygens (including phenoxy) is 1. The first-order valence-electron chi connectivity index (χ1n) is 9.19. The number of halogens is 2. The van der Waals surface area contributed by atoms with Crippen LogP contribution < -0.4 is 9.62 Å². The Morgan fingerprint density at radius 3 is 2.53 bits per heavy atom. The van der Waals surface area contributed by atoms with E-state index in [9.17, 15) is 22.4 Å². The second-order valence-corrected chi connectivity index (χ2v) is 9.93. The zero-order valence-electron chi connectivity index (χ0n) is 16.7. The van der Waals surface area contributed by atoms with E-state index >= 15 is 0 Å². The van der Waals surface area contributed by atoms with Gasteiger partial charge >= 0.3 is 5.97 Å². The first-order valence-corrected chi connectivity index (χ1v) is 11.9. The lowest BCUT2D eigenvalue weighted by Gasteiger charge is -2.20. The number of hydrogen-bond acceptors (Lipinski definition) is 6.